The maximum atomic E-state index is 2.42. The van der Waals surface area contributed by atoms with Crippen LogP contribution in [0.2, 0.25) is 0 Å². The molecule has 462 valence electrons. The van der Waals surface area contributed by atoms with E-state index >= 15 is 0 Å². The molecule has 0 saturated carbocycles. The smallest absolute Gasteiger partial charge is 0.0129 e. The fraction of sp³-hybridized carbons (Fsp3) is 0.634. The number of hydrogen-bond acceptors (Lipinski definition) is 0. The second kappa shape index (κ2) is 26.4. The Labute approximate surface area is 513 Å². The Balaban J connectivity index is 0.000000515. The van der Waals surface area contributed by atoms with Crippen molar-refractivity contribution in [3.63, 3.8) is 0 Å². The van der Waals surface area contributed by atoms with Gasteiger partial charge in [-0.25, -0.2) is 0 Å². The first-order chi connectivity index (χ1) is 35.9. The minimum absolute atomic E-state index is 0.198. The number of hydrogen-bond donors (Lipinski definition) is 0. The second-order valence-electron chi connectivity index (χ2n) is 37.7. The first-order valence-electron chi connectivity index (χ1n) is 31.6. The van der Waals surface area contributed by atoms with Crippen LogP contribution in [-0.2, 0) is 70.4 Å². The topological polar surface area (TPSA) is 0 Å². The van der Waals surface area contributed by atoms with Crippen LogP contribution in [0.1, 0.15) is 342 Å². The summed E-state index contributed by atoms with van der Waals surface area (Å²) in [5.74, 6) is 0. The molecule has 5 aromatic carbocycles. The monoisotopic (exact) mass is 1120 g/mol. The molecular formula is C82H134. The molecule has 0 heteroatoms. The third-order valence-electron chi connectivity index (χ3n) is 15.7. The van der Waals surface area contributed by atoms with Gasteiger partial charge in [0.05, 0.1) is 0 Å². The van der Waals surface area contributed by atoms with E-state index < -0.39 is 0 Å². The van der Waals surface area contributed by atoms with Crippen LogP contribution in [0.25, 0.3) is 0 Å². The van der Waals surface area contributed by atoms with E-state index in [0.29, 0.717) is 0 Å². The van der Waals surface area contributed by atoms with Gasteiger partial charge >= 0.3 is 0 Å². The van der Waals surface area contributed by atoms with Gasteiger partial charge in [0.15, 0.2) is 0 Å². The van der Waals surface area contributed by atoms with E-state index in [4.69, 9.17) is 0 Å². The Morgan fingerprint density at radius 3 is 0.451 bits per heavy atom. The average Bonchev–Trinajstić information content (AvgIpc) is 3.25. The summed E-state index contributed by atoms with van der Waals surface area (Å²) < 4.78 is 0. The molecule has 0 aliphatic carbocycles. The molecule has 0 radical (unpaired) electrons. The van der Waals surface area contributed by atoms with Gasteiger partial charge in [0.2, 0.25) is 0 Å². The van der Waals surface area contributed by atoms with Crippen LogP contribution >= 0.6 is 0 Å². The van der Waals surface area contributed by atoms with Gasteiger partial charge in [0.1, 0.15) is 0 Å². The van der Waals surface area contributed by atoms with Crippen LogP contribution < -0.4 is 0 Å². The van der Waals surface area contributed by atoms with E-state index in [1.165, 1.54) is 72.3 Å². The van der Waals surface area contributed by atoms with Crippen molar-refractivity contribution in [3.05, 3.63) is 175 Å². The van der Waals surface area contributed by atoms with E-state index in [-0.39, 0.29) is 70.4 Å². The first kappa shape index (κ1) is 76.1. The van der Waals surface area contributed by atoms with E-state index in [0.717, 1.165) is 0 Å². The Hall–Kier alpha value is -3.90. The lowest BCUT2D eigenvalue weighted by molar-refractivity contribution is 0.523. The maximum Gasteiger partial charge on any atom is -0.0129 e. The summed E-state index contributed by atoms with van der Waals surface area (Å²) in [4.78, 5) is 0. The molecule has 0 aliphatic heterocycles. The van der Waals surface area contributed by atoms with Gasteiger partial charge in [-0.3, -0.25) is 0 Å². The molecule has 0 unspecified atom stereocenters. The zero-order chi connectivity index (χ0) is 65.0. The molecule has 0 heterocycles. The minimum atomic E-state index is 0.198. The third kappa shape index (κ3) is 24.2. The highest BCUT2D eigenvalue weighted by molar-refractivity contribution is 5.45. The third-order valence-corrected chi connectivity index (χ3v) is 15.7. The van der Waals surface area contributed by atoms with Crippen molar-refractivity contribution in [3.8, 4) is 0 Å². The average molecular weight is 1120 g/mol. The highest BCUT2D eigenvalue weighted by Gasteiger charge is 2.30. The van der Waals surface area contributed by atoms with Crippen molar-refractivity contribution >= 4 is 0 Å². The zero-order valence-electron chi connectivity index (χ0n) is 61.8. The fourth-order valence-electron chi connectivity index (χ4n) is 9.76. The molecule has 0 saturated heterocycles. The van der Waals surface area contributed by atoms with Crippen molar-refractivity contribution < 1.29 is 0 Å². The highest BCUT2D eigenvalue weighted by Crippen LogP contribution is 2.40. The zero-order valence-corrected chi connectivity index (χ0v) is 61.8. The van der Waals surface area contributed by atoms with Gasteiger partial charge in [-0.1, -0.05) is 373 Å². The molecule has 5 aromatic rings. The predicted octanol–water partition coefficient (Wildman–Crippen LogP) is 25.3. The summed E-state index contributed by atoms with van der Waals surface area (Å²) in [6.45, 7) is 89.1. The van der Waals surface area contributed by atoms with Crippen LogP contribution in [0.15, 0.2) is 103 Å². The van der Waals surface area contributed by atoms with Gasteiger partial charge < -0.3 is 0 Å². The van der Waals surface area contributed by atoms with Gasteiger partial charge in [0, 0.05) is 0 Å². The van der Waals surface area contributed by atoms with E-state index in [2.05, 4.69) is 373 Å². The van der Waals surface area contributed by atoms with Crippen LogP contribution in [0, 0.1) is 0 Å². The molecule has 0 N–H and O–H groups in total. The lowest BCUT2D eigenvalue weighted by atomic mass is 9.73. The summed E-state index contributed by atoms with van der Waals surface area (Å²) in [6.07, 6.45) is 0. The second-order valence-corrected chi connectivity index (χ2v) is 37.7. The van der Waals surface area contributed by atoms with Crippen LogP contribution in [0.5, 0.6) is 0 Å². The molecule has 0 spiro atoms. The van der Waals surface area contributed by atoms with E-state index in [1.54, 1.807) is 0 Å². The largest absolute Gasteiger partial charge is 0.0620 e. The molecule has 0 atom stereocenters. The minimum Gasteiger partial charge on any atom is -0.0620 e. The lowest BCUT2D eigenvalue weighted by Crippen LogP contribution is -2.23. The molecular weight excluding hydrogens is 985 g/mol. The molecule has 0 bridgehead atoms. The SMILES string of the molecule is CC(C)(C)c1cc(C(C)(C)C)cc(C(C)(C)C)c1.CC(C)(C)c1ccc(C(C)(C)C)c(C(C)(C)C)c1.CC(C)(C)c1ccc(C(C)(C)C)c(C(C)(C)C)c1.CC(C)(C)c1ccc(C(C)(C)C)cc1.CC(C)(C)c1ccccc1C(C)(C)C. The maximum absolute atomic E-state index is 2.42. The van der Waals surface area contributed by atoms with Crippen LogP contribution in [-0.4, -0.2) is 0 Å². The van der Waals surface area contributed by atoms with Crippen molar-refractivity contribution in [2.75, 3.05) is 0 Å². The molecule has 0 aromatic heterocycles. The lowest BCUT2D eigenvalue weighted by Gasteiger charge is -2.32. The Bertz CT molecular complexity index is 2520. The first-order valence-corrected chi connectivity index (χ1v) is 31.6. The van der Waals surface area contributed by atoms with Crippen molar-refractivity contribution in [1.29, 1.82) is 0 Å². The van der Waals surface area contributed by atoms with Crippen molar-refractivity contribution in [1.82, 2.24) is 0 Å². The van der Waals surface area contributed by atoms with Gasteiger partial charge in [-0.15, -0.1) is 0 Å². The Kier molecular flexibility index (Phi) is 24.5. The molecule has 0 nitrogen and oxygen atoms in total. The highest BCUT2D eigenvalue weighted by atomic mass is 14.3. The van der Waals surface area contributed by atoms with E-state index in [9.17, 15) is 0 Å². The van der Waals surface area contributed by atoms with Gasteiger partial charge in [0.25, 0.3) is 0 Å². The molecule has 0 fully saturated rings. The summed E-state index contributed by atoms with van der Waals surface area (Å²) in [5, 5.41) is 0. The molecule has 82 heavy (non-hydrogen) atoms. The quantitative estimate of drug-likeness (QED) is 0.145. The number of rotatable bonds is 0. The van der Waals surface area contributed by atoms with Crippen LogP contribution in [0.4, 0.5) is 0 Å². The van der Waals surface area contributed by atoms with Crippen molar-refractivity contribution in [2.24, 2.45) is 0 Å². The van der Waals surface area contributed by atoms with Crippen LogP contribution in [0.3, 0.4) is 0 Å². The summed E-state index contributed by atoms with van der Waals surface area (Å²) in [6, 6.07) is 39.0. The van der Waals surface area contributed by atoms with Gasteiger partial charge in [-0.2, -0.15) is 0 Å². The van der Waals surface area contributed by atoms with Crippen molar-refractivity contribution in [2.45, 2.75) is 340 Å². The summed E-state index contributed by atoms with van der Waals surface area (Å²) >= 11 is 0. The van der Waals surface area contributed by atoms with Gasteiger partial charge in [-0.05, 0) is 143 Å². The predicted molar refractivity (Wildman–Crippen MR) is 375 cm³/mol. The summed E-state index contributed by atoms with van der Waals surface area (Å²) in [5.41, 5.74) is 21.7. The normalized spacial score (nSPS) is 13.5. The molecule has 0 amide bonds. The fourth-order valence-corrected chi connectivity index (χ4v) is 9.76. The summed E-state index contributed by atoms with van der Waals surface area (Å²) in [7, 11) is 0. The molecule has 0 aliphatic rings. The number of benzene rings is 5. The Morgan fingerprint density at radius 2 is 0.293 bits per heavy atom. The standard InChI is InChI=1S/3C18H30.2C14H22/c1-16(2,3)13-10-14(17(4,5)6)12-15(11-13)18(7,8)9;2*1-16(2,3)13-10-11-14(17(4,5)6)15(12-13)18(7,8)9;1-13(2,3)11-7-9-12(10-8-11)14(4,5)6;1-13(2,3)11-9-7-8-10-12(11)14(4,5)6/h3*10-12H,1-9H3;2*7-10H,1-6H3. The Morgan fingerprint density at radius 1 is 0.134 bits per heavy atom. The molecule has 5 rings (SSSR count). The van der Waals surface area contributed by atoms with E-state index in [1.807, 2.05) is 0 Å².